The molecule has 0 spiro atoms. The first-order chi connectivity index (χ1) is 29.2. The Morgan fingerprint density at radius 1 is 0.288 bits per heavy atom. The monoisotopic (exact) mass is 746 g/mol. The van der Waals surface area contributed by atoms with Gasteiger partial charge < -0.3 is 0 Å². The van der Waals surface area contributed by atoms with Crippen molar-refractivity contribution in [1.82, 2.24) is 0 Å². The minimum atomic E-state index is 0.190. The van der Waals surface area contributed by atoms with E-state index >= 15 is 0 Å². The highest BCUT2D eigenvalue weighted by molar-refractivity contribution is 6.04. The Bertz CT molecular complexity index is 3380. The molecule has 274 valence electrons. The molecule has 0 amide bonds. The molecule has 0 heteroatoms. The molecule has 0 fully saturated rings. The second kappa shape index (κ2) is 12.6. The topological polar surface area (TPSA) is 0 Å². The maximum Gasteiger partial charge on any atom is 0.0352 e. The van der Waals surface area contributed by atoms with Gasteiger partial charge in [-0.15, -0.1) is 0 Å². The van der Waals surface area contributed by atoms with Crippen LogP contribution in [0.5, 0.6) is 0 Å². The maximum atomic E-state index is 2.45. The van der Waals surface area contributed by atoms with Crippen molar-refractivity contribution in [2.75, 3.05) is 0 Å². The van der Waals surface area contributed by atoms with Crippen LogP contribution in [0, 0.1) is 0 Å². The molecule has 0 nitrogen and oxygen atoms in total. The average Bonchev–Trinajstić information content (AvgIpc) is 3.98. The summed E-state index contributed by atoms with van der Waals surface area (Å²) in [7, 11) is 0. The van der Waals surface area contributed by atoms with Gasteiger partial charge in [-0.25, -0.2) is 0 Å². The van der Waals surface area contributed by atoms with E-state index in [2.05, 4.69) is 200 Å². The molecular weight excluding hydrogens is 709 g/mol. The summed E-state index contributed by atoms with van der Waals surface area (Å²) in [6.07, 6.45) is 1.96. The average molecular weight is 747 g/mol. The molecule has 13 rings (SSSR count). The first-order valence-electron chi connectivity index (χ1n) is 20.9. The summed E-state index contributed by atoms with van der Waals surface area (Å²) in [4.78, 5) is 0. The van der Waals surface area contributed by atoms with E-state index in [-0.39, 0.29) is 5.92 Å². The predicted molar refractivity (Wildman–Crippen MR) is 247 cm³/mol. The van der Waals surface area contributed by atoms with Gasteiger partial charge in [-0.1, -0.05) is 170 Å². The highest BCUT2D eigenvalue weighted by atomic mass is 14.3. The minimum Gasteiger partial charge on any atom is -0.0622 e. The predicted octanol–water partition coefficient (Wildman–Crippen LogP) is 15.3. The lowest BCUT2D eigenvalue weighted by atomic mass is 9.87. The quantitative estimate of drug-likeness (QED) is 0.157. The Labute approximate surface area is 344 Å². The summed E-state index contributed by atoms with van der Waals surface area (Å²) < 4.78 is 0. The van der Waals surface area contributed by atoms with Crippen molar-refractivity contribution in [2.24, 2.45) is 0 Å². The summed E-state index contributed by atoms with van der Waals surface area (Å²) in [6, 6.07) is 75.5. The molecular formula is C59H38. The first-order valence-corrected chi connectivity index (χ1v) is 20.9. The summed E-state index contributed by atoms with van der Waals surface area (Å²) in [5.41, 5.74) is 25.7. The van der Waals surface area contributed by atoms with Crippen LogP contribution in [0.15, 0.2) is 200 Å². The van der Waals surface area contributed by atoms with Gasteiger partial charge >= 0.3 is 0 Å². The van der Waals surface area contributed by atoms with Crippen LogP contribution in [-0.2, 0) is 12.8 Å². The van der Waals surface area contributed by atoms with E-state index in [1.165, 1.54) is 127 Å². The molecule has 0 aromatic heterocycles. The van der Waals surface area contributed by atoms with E-state index < -0.39 is 0 Å². The molecule has 0 heterocycles. The van der Waals surface area contributed by atoms with Gasteiger partial charge in [0.15, 0.2) is 0 Å². The number of fused-ring (bicyclic) bond motifs is 12. The van der Waals surface area contributed by atoms with Crippen molar-refractivity contribution in [3.05, 3.63) is 239 Å². The van der Waals surface area contributed by atoms with Crippen molar-refractivity contribution >= 4 is 21.5 Å². The number of rotatable bonds is 4. The lowest BCUT2D eigenvalue weighted by molar-refractivity contribution is 1.02. The molecule has 1 unspecified atom stereocenters. The standard InChI is InChI=1S/C59H38/c1-2-10-36(11-3-1)37-13-8-14-41(28-37)48-18-9-19-50-54-31-38(20-22-44(54)35-56(48)50)39-24-27-53-57(33-39)49-16-6-7-17-52(49)59(53)45-23-21-40-32-55-43(29-46(40)30-45)25-26-51-47-15-5-4-12-42(47)34-58(51)55/h1-33,59H,34-35H2. The molecule has 0 radical (unpaired) electrons. The Morgan fingerprint density at radius 3 is 1.86 bits per heavy atom. The molecule has 0 saturated heterocycles. The van der Waals surface area contributed by atoms with Gasteiger partial charge in [-0.3, -0.25) is 0 Å². The summed E-state index contributed by atoms with van der Waals surface area (Å²) in [5.74, 6) is 0.190. The Morgan fingerprint density at radius 2 is 0.932 bits per heavy atom. The largest absolute Gasteiger partial charge is 0.0622 e. The fourth-order valence-electron chi connectivity index (χ4n) is 10.8. The second-order valence-corrected chi connectivity index (χ2v) is 16.8. The molecule has 0 aliphatic heterocycles. The molecule has 10 aromatic carbocycles. The molecule has 0 saturated carbocycles. The van der Waals surface area contributed by atoms with Gasteiger partial charge in [0.05, 0.1) is 0 Å². The molecule has 0 bridgehead atoms. The zero-order valence-electron chi connectivity index (χ0n) is 32.5. The van der Waals surface area contributed by atoms with Crippen LogP contribution in [0.1, 0.15) is 44.9 Å². The fourth-order valence-corrected chi connectivity index (χ4v) is 10.8. The highest BCUT2D eigenvalue weighted by Crippen LogP contribution is 2.51. The molecule has 3 aliphatic carbocycles. The minimum absolute atomic E-state index is 0.190. The molecule has 1 atom stereocenters. The highest BCUT2D eigenvalue weighted by Gasteiger charge is 2.31. The molecule has 0 N–H and O–H groups in total. The second-order valence-electron chi connectivity index (χ2n) is 16.8. The third-order valence-electron chi connectivity index (χ3n) is 13.6. The fraction of sp³-hybridized carbons (Fsp3) is 0.0508. The Kier molecular flexibility index (Phi) is 7.00. The van der Waals surface area contributed by atoms with Crippen LogP contribution in [0.25, 0.3) is 88.3 Å². The van der Waals surface area contributed by atoms with Crippen LogP contribution in [-0.4, -0.2) is 0 Å². The number of benzene rings is 10. The number of hydrogen-bond donors (Lipinski definition) is 0. The maximum absolute atomic E-state index is 2.45. The summed E-state index contributed by atoms with van der Waals surface area (Å²) in [5, 5.41) is 5.31. The van der Waals surface area contributed by atoms with Crippen LogP contribution < -0.4 is 0 Å². The van der Waals surface area contributed by atoms with Crippen molar-refractivity contribution in [2.45, 2.75) is 18.8 Å². The zero-order valence-corrected chi connectivity index (χ0v) is 32.5. The van der Waals surface area contributed by atoms with E-state index in [1.54, 1.807) is 0 Å². The van der Waals surface area contributed by atoms with Crippen LogP contribution in [0.3, 0.4) is 0 Å². The van der Waals surface area contributed by atoms with Gasteiger partial charge in [-0.05, 0) is 170 Å². The molecule has 10 aromatic rings. The SMILES string of the molecule is c1ccc(-c2cccc(-c3cccc4c3Cc3ccc(-c5ccc6c(c5)-c5ccccc5C6c5ccc6cc7c8c(ccc7cc6c5)-c5ccccc5C8)cc3-4)c2)cc1. The summed E-state index contributed by atoms with van der Waals surface area (Å²) in [6.45, 7) is 0. The molecule has 3 aliphatic rings. The van der Waals surface area contributed by atoms with E-state index in [9.17, 15) is 0 Å². The van der Waals surface area contributed by atoms with Crippen LogP contribution in [0.4, 0.5) is 0 Å². The van der Waals surface area contributed by atoms with E-state index in [0.29, 0.717) is 0 Å². The molecule has 59 heavy (non-hydrogen) atoms. The normalized spacial score (nSPS) is 14.1. The Hall–Kier alpha value is -7.28. The zero-order chi connectivity index (χ0) is 38.6. The van der Waals surface area contributed by atoms with Gasteiger partial charge in [0, 0.05) is 5.92 Å². The number of hydrogen-bond acceptors (Lipinski definition) is 0. The van der Waals surface area contributed by atoms with Gasteiger partial charge in [0.1, 0.15) is 0 Å². The van der Waals surface area contributed by atoms with Crippen molar-refractivity contribution < 1.29 is 0 Å². The van der Waals surface area contributed by atoms with Crippen molar-refractivity contribution in [1.29, 1.82) is 0 Å². The first kappa shape index (κ1) is 32.8. The van der Waals surface area contributed by atoms with Crippen molar-refractivity contribution in [3.63, 3.8) is 0 Å². The summed E-state index contributed by atoms with van der Waals surface area (Å²) >= 11 is 0. The smallest absolute Gasteiger partial charge is 0.0352 e. The van der Waals surface area contributed by atoms with E-state index in [0.717, 1.165) is 12.8 Å². The van der Waals surface area contributed by atoms with E-state index in [1.807, 2.05) is 0 Å². The lowest BCUT2D eigenvalue weighted by Gasteiger charge is -2.16. The Balaban J connectivity index is 0.859. The van der Waals surface area contributed by atoms with Gasteiger partial charge in [0.25, 0.3) is 0 Å². The van der Waals surface area contributed by atoms with Gasteiger partial charge in [-0.2, -0.15) is 0 Å². The lowest BCUT2D eigenvalue weighted by Crippen LogP contribution is -1.99. The third kappa shape index (κ3) is 5.03. The third-order valence-corrected chi connectivity index (χ3v) is 13.6. The van der Waals surface area contributed by atoms with Crippen molar-refractivity contribution in [3.8, 4) is 66.8 Å². The van der Waals surface area contributed by atoms with Gasteiger partial charge in [0.2, 0.25) is 0 Å². The van der Waals surface area contributed by atoms with Crippen LogP contribution >= 0.6 is 0 Å². The van der Waals surface area contributed by atoms with Crippen LogP contribution in [0.2, 0.25) is 0 Å². The van der Waals surface area contributed by atoms with E-state index in [4.69, 9.17) is 0 Å².